The Morgan fingerprint density at radius 2 is 2.11 bits per heavy atom. The van der Waals surface area contributed by atoms with Crippen LogP contribution in [0.15, 0.2) is 18.2 Å². The molecule has 0 bridgehead atoms. The molecule has 0 radical (unpaired) electrons. The van der Waals surface area contributed by atoms with Gasteiger partial charge in [-0.3, -0.25) is 0 Å². The Morgan fingerprint density at radius 1 is 1.32 bits per heavy atom. The van der Waals surface area contributed by atoms with Gasteiger partial charge in [-0.15, -0.1) is 0 Å². The Balaban J connectivity index is 1.62. The van der Waals surface area contributed by atoms with Crippen LogP contribution in [0.2, 0.25) is 5.02 Å². The second-order valence-corrected chi connectivity index (χ2v) is 7.10. The number of hydrogen-bond donors (Lipinski definition) is 1. The van der Waals surface area contributed by atoms with Gasteiger partial charge in [0.15, 0.2) is 5.13 Å². The molecule has 2 nitrogen and oxygen atoms in total. The Kier molecular flexibility index (Phi) is 3.94. The fourth-order valence-corrected chi connectivity index (χ4v) is 3.76. The van der Waals surface area contributed by atoms with E-state index < -0.39 is 0 Å². The van der Waals surface area contributed by atoms with Crippen LogP contribution >= 0.6 is 22.9 Å². The summed E-state index contributed by atoms with van der Waals surface area (Å²) in [4.78, 5) is 4.60. The van der Waals surface area contributed by atoms with Gasteiger partial charge in [0.05, 0.1) is 10.2 Å². The second kappa shape index (κ2) is 5.68. The average Bonchev–Trinajstić information content (AvgIpc) is 2.80. The minimum atomic E-state index is 0.755. The van der Waals surface area contributed by atoms with E-state index in [9.17, 15) is 0 Å². The molecule has 0 aliphatic heterocycles. The van der Waals surface area contributed by atoms with Crippen LogP contribution in [0.3, 0.4) is 0 Å². The third-order valence-corrected chi connectivity index (χ3v) is 5.26. The molecule has 3 rings (SSSR count). The number of thiazole rings is 1. The summed E-state index contributed by atoms with van der Waals surface area (Å²) in [6.07, 6.45) is 5.46. The Hall–Kier alpha value is -0.800. The first-order valence-electron chi connectivity index (χ1n) is 7.00. The molecule has 1 fully saturated rings. The van der Waals surface area contributed by atoms with Crippen molar-refractivity contribution < 1.29 is 0 Å². The highest BCUT2D eigenvalue weighted by molar-refractivity contribution is 7.22. The van der Waals surface area contributed by atoms with Gasteiger partial charge in [-0.25, -0.2) is 4.98 Å². The highest BCUT2D eigenvalue weighted by atomic mass is 35.5. The van der Waals surface area contributed by atoms with Gasteiger partial charge in [-0.2, -0.15) is 0 Å². The molecule has 0 amide bonds. The SMILES string of the molecule is CC1CCC(CNc2nc3cc(Cl)ccc3s2)CC1. The van der Waals surface area contributed by atoms with E-state index in [2.05, 4.69) is 17.2 Å². The van der Waals surface area contributed by atoms with E-state index in [1.165, 1.54) is 30.4 Å². The molecule has 1 heterocycles. The van der Waals surface area contributed by atoms with Gasteiger partial charge in [0.25, 0.3) is 0 Å². The molecule has 1 aromatic carbocycles. The number of hydrogen-bond acceptors (Lipinski definition) is 3. The summed E-state index contributed by atoms with van der Waals surface area (Å²) < 4.78 is 1.20. The average molecular weight is 295 g/mol. The van der Waals surface area contributed by atoms with Crippen LogP contribution in [0.5, 0.6) is 0 Å². The van der Waals surface area contributed by atoms with E-state index in [1.807, 2.05) is 18.2 Å². The number of halogens is 1. The van der Waals surface area contributed by atoms with E-state index in [-0.39, 0.29) is 0 Å². The molecule has 19 heavy (non-hydrogen) atoms. The predicted molar refractivity (Wildman–Crippen MR) is 84.2 cm³/mol. The van der Waals surface area contributed by atoms with Gasteiger partial charge in [0.2, 0.25) is 0 Å². The maximum absolute atomic E-state index is 5.98. The first-order chi connectivity index (χ1) is 9.20. The summed E-state index contributed by atoms with van der Waals surface area (Å²) in [6, 6.07) is 5.90. The number of nitrogens with one attached hydrogen (secondary N) is 1. The summed E-state index contributed by atoms with van der Waals surface area (Å²) in [6.45, 7) is 3.42. The number of rotatable bonds is 3. The smallest absolute Gasteiger partial charge is 0.183 e. The lowest BCUT2D eigenvalue weighted by Gasteiger charge is -2.26. The third-order valence-electron chi connectivity index (χ3n) is 4.03. The number of aromatic nitrogens is 1. The van der Waals surface area contributed by atoms with E-state index in [0.717, 1.165) is 34.1 Å². The zero-order chi connectivity index (χ0) is 13.2. The third kappa shape index (κ3) is 3.21. The lowest BCUT2D eigenvalue weighted by molar-refractivity contribution is 0.300. The first kappa shape index (κ1) is 13.2. The largest absolute Gasteiger partial charge is 0.361 e. The topological polar surface area (TPSA) is 24.9 Å². The molecule has 1 aliphatic carbocycles. The zero-order valence-corrected chi connectivity index (χ0v) is 12.7. The standard InChI is InChI=1S/C15H19ClN2S/c1-10-2-4-11(5-3-10)9-17-15-18-13-8-12(16)6-7-14(13)19-15/h6-8,10-11H,2-5,9H2,1H3,(H,17,18). The van der Waals surface area contributed by atoms with Crippen LogP contribution in [-0.4, -0.2) is 11.5 Å². The fourth-order valence-electron chi connectivity index (χ4n) is 2.74. The minimum absolute atomic E-state index is 0.755. The van der Waals surface area contributed by atoms with Crippen molar-refractivity contribution >= 4 is 38.3 Å². The molecule has 2 aromatic rings. The lowest BCUT2D eigenvalue weighted by Crippen LogP contribution is -2.20. The van der Waals surface area contributed by atoms with Gasteiger partial charge in [0.1, 0.15) is 0 Å². The molecule has 1 N–H and O–H groups in total. The quantitative estimate of drug-likeness (QED) is 0.843. The van der Waals surface area contributed by atoms with Crippen molar-refractivity contribution in [3.63, 3.8) is 0 Å². The highest BCUT2D eigenvalue weighted by Crippen LogP contribution is 2.31. The van der Waals surface area contributed by atoms with E-state index in [4.69, 9.17) is 11.6 Å². The fraction of sp³-hybridized carbons (Fsp3) is 0.533. The van der Waals surface area contributed by atoms with Crippen molar-refractivity contribution in [2.75, 3.05) is 11.9 Å². The van der Waals surface area contributed by atoms with Crippen LogP contribution in [0.25, 0.3) is 10.2 Å². The number of anilines is 1. The molecule has 1 saturated carbocycles. The monoisotopic (exact) mass is 294 g/mol. The molecular weight excluding hydrogens is 276 g/mol. The molecule has 0 atom stereocenters. The van der Waals surface area contributed by atoms with Gasteiger partial charge in [0, 0.05) is 11.6 Å². The normalized spacial score (nSPS) is 23.7. The van der Waals surface area contributed by atoms with Crippen LogP contribution < -0.4 is 5.32 Å². The summed E-state index contributed by atoms with van der Waals surface area (Å²) in [5.74, 6) is 1.73. The van der Waals surface area contributed by atoms with Gasteiger partial charge in [-0.1, -0.05) is 42.7 Å². The Morgan fingerprint density at radius 3 is 2.89 bits per heavy atom. The van der Waals surface area contributed by atoms with Crippen molar-refractivity contribution in [1.29, 1.82) is 0 Å². The van der Waals surface area contributed by atoms with Crippen molar-refractivity contribution in [3.8, 4) is 0 Å². The second-order valence-electron chi connectivity index (χ2n) is 5.64. The van der Waals surface area contributed by atoms with E-state index >= 15 is 0 Å². The van der Waals surface area contributed by atoms with Gasteiger partial charge < -0.3 is 5.32 Å². The summed E-state index contributed by atoms with van der Waals surface area (Å²) in [5, 5.41) is 5.28. The predicted octanol–water partition coefficient (Wildman–Crippen LogP) is 5.19. The molecule has 0 spiro atoms. The number of fused-ring (bicyclic) bond motifs is 1. The maximum atomic E-state index is 5.98. The van der Waals surface area contributed by atoms with Crippen molar-refractivity contribution in [3.05, 3.63) is 23.2 Å². The van der Waals surface area contributed by atoms with Crippen LogP contribution in [0.1, 0.15) is 32.6 Å². The van der Waals surface area contributed by atoms with E-state index in [0.29, 0.717) is 0 Å². The molecule has 0 saturated heterocycles. The molecule has 102 valence electrons. The van der Waals surface area contributed by atoms with Crippen LogP contribution in [-0.2, 0) is 0 Å². The Labute approximate surface area is 123 Å². The molecule has 1 aliphatic rings. The van der Waals surface area contributed by atoms with E-state index in [1.54, 1.807) is 11.3 Å². The zero-order valence-electron chi connectivity index (χ0n) is 11.2. The van der Waals surface area contributed by atoms with Gasteiger partial charge >= 0.3 is 0 Å². The molecular formula is C15H19ClN2S. The van der Waals surface area contributed by atoms with Crippen LogP contribution in [0, 0.1) is 11.8 Å². The highest BCUT2D eigenvalue weighted by Gasteiger charge is 2.18. The van der Waals surface area contributed by atoms with Crippen molar-refractivity contribution in [1.82, 2.24) is 4.98 Å². The van der Waals surface area contributed by atoms with Crippen LogP contribution in [0.4, 0.5) is 5.13 Å². The number of benzene rings is 1. The Bertz CT molecular complexity index is 558. The van der Waals surface area contributed by atoms with Gasteiger partial charge in [-0.05, 0) is 42.9 Å². The molecule has 1 aromatic heterocycles. The molecule has 0 unspecified atom stereocenters. The summed E-state index contributed by atoms with van der Waals surface area (Å²) in [5.41, 5.74) is 0.997. The van der Waals surface area contributed by atoms with Crippen molar-refractivity contribution in [2.24, 2.45) is 11.8 Å². The first-order valence-corrected chi connectivity index (χ1v) is 8.20. The summed E-state index contributed by atoms with van der Waals surface area (Å²) in [7, 11) is 0. The number of nitrogens with zero attached hydrogens (tertiary/aromatic N) is 1. The molecule has 4 heteroatoms. The lowest BCUT2D eigenvalue weighted by atomic mass is 9.83. The maximum Gasteiger partial charge on any atom is 0.183 e. The summed E-state index contributed by atoms with van der Waals surface area (Å²) >= 11 is 7.70. The minimum Gasteiger partial charge on any atom is -0.361 e. The van der Waals surface area contributed by atoms with Crippen molar-refractivity contribution in [2.45, 2.75) is 32.6 Å².